The lowest BCUT2D eigenvalue weighted by Gasteiger charge is -2.11. The molecule has 7 nitrogen and oxygen atoms in total. The molecule has 1 aromatic carbocycles. The zero-order chi connectivity index (χ0) is 13.0. The molecule has 0 aromatic heterocycles. The number of ether oxygens (including phenoxy) is 2. The molecule has 0 bridgehead atoms. The van der Waals surface area contributed by atoms with E-state index in [1.165, 1.54) is 18.2 Å². The van der Waals surface area contributed by atoms with E-state index in [1.54, 1.807) is 6.07 Å². The predicted molar refractivity (Wildman–Crippen MR) is 62.2 cm³/mol. The van der Waals surface area contributed by atoms with Gasteiger partial charge in [-0.1, -0.05) is 6.07 Å². The van der Waals surface area contributed by atoms with E-state index < -0.39 is 17.3 Å². The number of nitrogens with one attached hydrogen (secondary N) is 1. The number of non-ortho nitro benzene ring substituents is 1. The van der Waals surface area contributed by atoms with Gasteiger partial charge in [-0.2, -0.15) is 0 Å². The number of nitro benzene ring substituents is 1. The summed E-state index contributed by atoms with van der Waals surface area (Å²) in [6.45, 7) is 0.578. The fourth-order valence-electron chi connectivity index (χ4n) is 1.60. The van der Waals surface area contributed by atoms with E-state index in [0.29, 0.717) is 18.7 Å². The van der Waals surface area contributed by atoms with E-state index in [-0.39, 0.29) is 5.69 Å². The fraction of sp³-hybridized carbons (Fsp3) is 0.364. The molecule has 96 valence electrons. The number of hydrogen-bond acceptors (Lipinski definition) is 5. The number of amides is 1. The Labute approximate surface area is 103 Å². The van der Waals surface area contributed by atoms with Crippen molar-refractivity contribution in [2.24, 2.45) is 0 Å². The molecule has 1 fully saturated rings. The Kier molecular flexibility index (Phi) is 3.73. The van der Waals surface area contributed by atoms with Crippen LogP contribution in [0.25, 0.3) is 0 Å². The molecule has 1 aliphatic heterocycles. The zero-order valence-electron chi connectivity index (χ0n) is 9.50. The SMILES string of the molecule is O=C(Nc1cccc([N+](=O)[O-])c1)OC1CCCO1. The number of carbonyl (C=O) groups excluding carboxylic acids is 1. The molecule has 1 atom stereocenters. The molecule has 18 heavy (non-hydrogen) atoms. The molecule has 1 heterocycles. The van der Waals surface area contributed by atoms with Crippen LogP contribution in [-0.2, 0) is 9.47 Å². The van der Waals surface area contributed by atoms with Gasteiger partial charge in [0.2, 0.25) is 6.29 Å². The van der Waals surface area contributed by atoms with Crippen LogP contribution in [0, 0.1) is 10.1 Å². The van der Waals surface area contributed by atoms with Gasteiger partial charge in [-0.05, 0) is 12.5 Å². The van der Waals surface area contributed by atoms with E-state index in [2.05, 4.69) is 5.32 Å². The first-order chi connectivity index (χ1) is 8.65. The van der Waals surface area contributed by atoms with Crippen molar-refractivity contribution in [3.05, 3.63) is 34.4 Å². The van der Waals surface area contributed by atoms with E-state index >= 15 is 0 Å². The van der Waals surface area contributed by atoms with Gasteiger partial charge in [0.1, 0.15) is 0 Å². The summed E-state index contributed by atoms with van der Waals surface area (Å²) >= 11 is 0. The van der Waals surface area contributed by atoms with Crippen LogP contribution < -0.4 is 5.32 Å². The Balaban J connectivity index is 1.93. The maximum absolute atomic E-state index is 11.5. The largest absolute Gasteiger partial charge is 0.419 e. The van der Waals surface area contributed by atoms with Gasteiger partial charge in [-0.15, -0.1) is 0 Å². The zero-order valence-corrected chi connectivity index (χ0v) is 9.50. The predicted octanol–water partition coefficient (Wildman–Crippen LogP) is 2.28. The molecule has 2 rings (SSSR count). The number of hydrogen-bond donors (Lipinski definition) is 1. The van der Waals surface area contributed by atoms with E-state index in [9.17, 15) is 14.9 Å². The number of nitrogens with zero attached hydrogens (tertiary/aromatic N) is 1. The number of anilines is 1. The summed E-state index contributed by atoms with van der Waals surface area (Å²) in [7, 11) is 0. The quantitative estimate of drug-likeness (QED) is 0.658. The number of carbonyl (C=O) groups is 1. The van der Waals surface area contributed by atoms with Crippen LogP contribution in [0.3, 0.4) is 0 Å². The topological polar surface area (TPSA) is 90.7 Å². The Morgan fingerprint density at radius 1 is 1.56 bits per heavy atom. The molecular formula is C11H12N2O5. The van der Waals surface area contributed by atoms with Crippen LogP contribution in [-0.4, -0.2) is 23.9 Å². The molecule has 1 N–H and O–H groups in total. The highest BCUT2D eigenvalue weighted by atomic mass is 16.7. The van der Waals surface area contributed by atoms with Crippen molar-refractivity contribution in [3.63, 3.8) is 0 Å². The standard InChI is InChI=1S/C11H12N2O5/c14-11(18-10-5-2-6-17-10)12-8-3-1-4-9(7-8)13(15)16/h1,3-4,7,10H,2,5-6H2,(H,12,14). The maximum atomic E-state index is 11.5. The van der Waals surface area contributed by atoms with Crippen molar-refractivity contribution in [3.8, 4) is 0 Å². The van der Waals surface area contributed by atoms with Crippen molar-refractivity contribution in [1.29, 1.82) is 0 Å². The molecule has 1 saturated heterocycles. The van der Waals surface area contributed by atoms with Crippen LogP contribution >= 0.6 is 0 Å². The highest BCUT2D eigenvalue weighted by Crippen LogP contribution is 2.18. The summed E-state index contributed by atoms with van der Waals surface area (Å²) in [6.07, 6.45) is 0.322. The van der Waals surface area contributed by atoms with Gasteiger partial charge < -0.3 is 9.47 Å². The van der Waals surface area contributed by atoms with Crippen LogP contribution in [0.2, 0.25) is 0 Å². The van der Waals surface area contributed by atoms with Gasteiger partial charge in [0.15, 0.2) is 0 Å². The normalized spacial score (nSPS) is 18.3. The molecule has 1 aromatic rings. The summed E-state index contributed by atoms with van der Waals surface area (Å²) < 4.78 is 10.1. The van der Waals surface area contributed by atoms with Crippen LogP contribution in [0.1, 0.15) is 12.8 Å². The average Bonchev–Trinajstić information content (AvgIpc) is 2.82. The average molecular weight is 252 g/mol. The molecule has 1 amide bonds. The lowest BCUT2D eigenvalue weighted by Crippen LogP contribution is -2.21. The highest BCUT2D eigenvalue weighted by Gasteiger charge is 2.20. The first kappa shape index (κ1) is 12.3. The van der Waals surface area contributed by atoms with Gasteiger partial charge in [0.05, 0.1) is 17.2 Å². The maximum Gasteiger partial charge on any atom is 0.413 e. The molecule has 0 spiro atoms. The third-order valence-electron chi connectivity index (χ3n) is 2.43. The number of nitro groups is 1. The Hall–Kier alpha value is -2.15. The van der Waals surface area contributed by atoms with E-state index in [1.807, 2.05) is 0 Å². The van der Waals surface area contributed by atoms with Crippen molar-refractivity contribution >= 4 is 17.5 Å². The number of benzene rings is 1. The van der Waals surface area contributed by atoms with E-state index in [4.69, 9.17) is 9.47 Å². The van der Waals surface area contributed by atoms with Crippen molar-refractivity contribution in [1.82, 2.24) is 0 Å². The third-order valence-corrected chi connectivity index (χ3v) is 2.43. The summed E-state index contributed by atoms with van der Waals surface area (Å²) in [5.74, 6) is 0. The van der Waals surface area contributed by atoms with Gasteiger partial charge >= 0.3 is 6.09 Å². The molecule has 0 aliphatic carbocycles. The van der Waals surface area contributed by atoms with Gasteiger partial charge in [-0.25, -0.2) is 4.79 Å². The molecule has 1 unspecified atom stereocenters. The minimum absolute atomic E-state index is 0.0927. The van der Waals surface area contributed by atoms with Crippen molar-refractivity contribution in [2.75, 3.05) is 11.9 Å². The first-order valence-corrected chi connectivity index (χ1v) is 5.49. The van der Waals surface area contributed by atoms with Crippen LogP contribution in [0.4, 0.5) is 16.2 Å². The second kappa shape index (κ2) is 5.46. The van der Waals surface area contributed by atoms with E-state index in [0.717, 1.165) is 6.42 Å². The Morgan fingerprint density at radius 2 is 2.39 bits per heavy atom. The first-order valence-electron chi connectivity index (χ1n) is 5.49. The van der Waals surface area contributed by atoms with Gasteiger partial charge in [-0.3, -0.25) is 15.4 Å². The second-order valence-electron chi connectivity index (χ2n) is 3.78. The molecule has 0 radical (unpaired) electrons. The Bertz CT molecular complexity index is 457. The summed E-state index contributed by atoms with van der Waals surface area (Å²) in [6, 6.07) is 5.64. The second-order valence-corrected chi connectivity index (χ2v) is 3.78. The summed E-state index contributed by atoms with van der Waals surface area (Å²) in [4.78, 5) is 21.5. The molecule has 1 aliphatic rings. The molecule has 7 heteroatoms. The minimum atomic E-state index is -0.678. The molecular weight excluding hydrogens is 240 g/mol. The molecule has 0 saturated carbocycles. The van der Waals surface area contributed by atoms with Crippen LogP contribution in [0.5, 0.6) is 0 Å². The Morgan fingerprint density at radius 3 is 3.06 bits per heavy atom. The number of rotatable bonds is 3. The van der Waals surface area contributed by atoms with Gasteiger partial charge in [0, 0.05) is 18.6 Å². The minimum Gasteiger partial charge on any atom is -0.419 e. The monoisotopic (exact) mass is 252 g/mol. The lowest BCUT2D eigenvalue weighted by molar-refractivity contribution is -0.384. The fourth-order valence-corrected chi connectivity index (χ4v) is 1.60. The third kappa shape index (κ3) is 3.17. The van der Waals surface area contributed by atoms with Crippen molar-refractivity contribution < 1.29 is 19.2 Å². The van der Waals surface area contributed by atoms with Gasteiger partial charge in [0.25, 0.3) is 5.69 Å². The highest BCUT2D eigenvalue weighted by molar-refractivity contribution is 5.85. The lowest BCUT2D eigenvalue weighted by atomic mass is 10.3. The van der Waals surface area contributed by atoms with Crippen LogP contribution in [0.15, 0.2) is 24.3 Å². The van der Waals surface area contributed by atoms with Crippen molar-refractivity contribution in [2.45, 2.75) is 19.1 Å². The summed E-state index contributed by atoms with van der Waals surface area (Å²) in [5, 5.41) is 13.0. The smallest absolute Gasteiger partial charge is 0.413 e. The summed E-state index contributed by atoms with van der Waals surface area (Å²) in [5.41, 5.74) is 0.220.